The number of hydrogen-bond donors (Lipinski definition) is 1. The summed E-state index contributed by atoms with van der Waals surface area (Å²) in [4.78, 5) is 16.4. The highest BCUT2D eigenvalue weighted by Gasteiger charge is 2.24. The number of hydrogen-bond acceptors (Lipinski definition) is 5. The monoisotopic (exact) mass is 395 g/mol. The van der Waals surface area contributed by atoms with Crippen molar-refractivity contribution in [2.75, 3.05) is 19.6 Å². The SMILES string of the molecule is Cc1ccc(-c2cc(C(=O)NC[C@H](c3cccs3)N3CCCCC3)no2)cc1. The molecule has 0 spiro atoms. The van der Waals surface area contributed by atoms with Gasteiger partial charge < -0.3 is 9.84 Å². The molecule has 146 valence electrons. The summed E-state index contributed by atoms with van der Waals surface area (Å²) in [5.41, 5.74) is 2.42. The molecule has 1 aliphatic heterocycles. The molecule has 1 atom stereocenters. The molecule has 0 aliphatic carbocycles. The zero-order valence-electron chi connectivity index (χ0n) is 16.1. The molecule has 3 heterocycles. The van der Waals surface area contributed by atoms with E-state index in [4.69, 9.17) is 4.52 Å². The Labute approximate surface area is 169 Å². The van der Waals surface area contributed by atoms with Crippen LogP contribution in [0.2, 0.25) is 0 Å². The van der Waals surface area contributed by atoms with Gasteiger partial charge in [0.15, 0.2) is 11.5 Å². The maximum Gasteiger partial charge on any atom is 0.273 e. The van der Waals surface area contributed by atoms with Crippen LogP contribution < -0.4 is 5.32 Å². The maximum atomic E-state index is 12.7. The van der Waals surface area contributed by atoms with Crippen LogP contribution in [0.4, 0.5) is 0 Å². The summed E-state index contributed by atoms with van der Waals surface area (Å²) >= 11 is 1.75. The number of carbonyl (C=O) groups excluding carboxylic acids is 1. The lowest BCUT2D eigenvalue weighted by Gasteiger charge is -2.34. The summed E-state index contributed by atoms with van der Waals surface area (Å²) in [6.45, 7) is 4.78. The van der Waals surface area contributed by atoms with E-state index in [1.165, 1.54) is 29.7 Å². The Morgan fingerprint density at radius 2 is 2.00 bits per heavy atom. The van der Waals surface area contributed by atoms with E-state index in [0.29, 0.717) is 18.0 Å². The van der Waals surface area contributed by atoms with Crippen molar-refractivity contribution in [3.8, 4) is 11.3 Å². The topological polar surface area (TPSA) is 58.4 Å². The van der Waals surface area contributed by atoms with Gasteiger partial charge in [-0.3, -0.25) is 9.69 Å². The molecule has 1 fully saturated rings. The predicted molar refractivity (Wildman–Crippen MR) is 111 cm³/mol. The van der Waals surface area contributed by atoms with Gasteiger partial charge in [0.05, 0.1) is 6.04 Å². The minimum atomic E-state index is -0.194. The molecule has 0 radical (unpaired) electrons. The van der Waals surface area contributed by atoms with E-state index in [1.807, 2.05) is 31.2 Å². The van der Waals surface area contributed by atoms with Crippen LogP contribution in [0.15, 0.2) is 52.4 Å². The molecule has 3 aromatic rings. The van der Waals surface area contributed by atoms with Gasteiger partial charge in [-0.2, -0.15) is 0 Å². The molecule has 0 saturated carbocycles. The predicted octanol–water partition coefficient (Wildman–Crippen LogP) is 4.67. The van der Waals surface area contributed by atoms with E-state index in [1.54, 1.807) is 17.4 Å². The van der Waals surface area contributed by atoms with Gasteiger partial charge in [0.1, 0.15) is 0 Å². The fourth-order valence-electron chi connectivity index (χ4n) is 3.64. The Kier molecular flexibility index (Phi) is 5.88. The van der Waals surface area contributed by atoms with Crippen molar-refractivity contribution in [1.29, 1.82) is 0 Å². The first kappa shape index (κ1) is 18.9. The lowest BCUT2D eigenvalue weighted by atomic mass is 10.1. The molecule has 1 aliphatic rings. The van der Waals surface area contributed by atoms with Gasteiger partial charge in [-0.25, -0.2) is 0 Å². The minimum absolute atomic E-state index is 0.194. The third-order valence-corrected chi connectivity index (χ3v) is 6.21. The minimum Gasteiger partial charge on any atom is -0.355 e. The van der Waals surface area contributed by atoms with Crippen LogP contribution in [-0.2, 0) is 0 Å². The van der Waals surface area contributed by atoms with Gasteiger partial charge in [-0.1, -0.05) is 47.5 Å². The Bertz CT molecular complexity index is 896. The number of nitrogens with one attached hydrogen (secondary N) is 1. The van der Waals surface area contributed by atoms with E-state index >= 15 is 0 Å². The fourth-order valence-corrected chi connectivity index (χ4v) is 4.50. The molecule has 5 nitrogen and oxygen atoms in total. The molecular weight excluding hydrogens is 370 g/mol. The summed E-state index contributed by atoms with van der Waals surface area (Å²) in [6, 6.07) is 14.1. The second kappa shape index (κ2) is 8.71. The zero-order chi connectivity index (χ0) is 19.3. The third kappa shape index (κ3) is 4.34. The molecule has 1 N–H and O–H groups in total. The van der Waals surface area contributed by atoms with Crippen LogP contribution in [0.25, 0.3) is 11.3 Å². The lowest BCUT2D eigenvalue weighted by molar-refractivity contribution is 0.0917. The summed E-state index contributed by atoms with van der Waals surface area (Å²) in [5, 5.41) is 9.13. The van der Waals surface area contributed by atoms with Crippen LogP contribution >= 0.6 is 11.3 Å². The van der Waals surface area contributed by atoms with Gasteiger partial charge in [0.25, 0.3) is 5.91 Å². The standard InChI is InChI=1S/C22H25N3O2S/c1-16-7-9-17(10-8-16)20-14-18(24-27-20)22(26)23-15-19(21-6-5-13-28-21)25-11-3-2-4-12-25/h5-10,13-14,19H,2-4,11-12,15H2,1H3,(H,23,26)/t19-/m1/s1. The van der Waals surface area contributed by atoms with Gasteiger partial charge in [-0.15, -0.1) is 11.3 Å². The van der Waals surface area contributed by atoms with Crippen LogP contribution in [0.5, 0.6) is 0 Å². The molecule has 28 heavy (non-hydrogen) atoms. The van der Waals surface area contributed by atoms with Crippen molar-refractivity contribution in [1.82, 2.24) is 15.4 Å². The lowest BCUT2D eigenvalue weighted by Crippen LogP contribution is -2.40. The van der Waals surface area contributed by atoms with Crippen molar-refractivity contribution in [2.24, 2.45) is 0 Å². The normalized spacial score (nSPS) is 16.0. The van der Waals surface area contributed by atoms with Crippen LogP contribution in [-0.4, -0.2) is 35.6 Å². The fraction of sp³-hybridized carbons (Fsp3) is 0.364. The summed E-state index contributed by atoms with van der Waals surface area (Å²) in [6.07, 6.45) is 3.73. The molecule has 0 unspecified atom stereocenters. The van der Waals surface area contributed by atoms with Crippen molar-refractivity contribution < 1.29 is 9.32 Å². The van der Waals surface area contributed by atoms with Gasteiger partial charge >= 0.3 is 0 Å². The van der Waals surface area contributed by atoms with Gasteiger partial charge in [0, 0.05) is 23.1 Å². The highest BCUT2D eigenvalue weighted by Crippen LogP contribution is 2.27. The summed E-state index contributed by atoms with van der Waals surface area (Å²) in [7, 11) is 0. The number of amides is 1. The quantitative estimate of drug-likeness (QED) is 0.659. The molecule has 0 bridgehead atoms. The zero-order valence-corrected chi connectivity index (χ0v) is 16.9. The van der Waals surface area contributed by atoms with Gasteiger partial charge in [0.2, 0.25) is 0 Å². The summed E-state index contributed by atoms with van der Waals surface area (Å²) < 4.78 is 5.39. The van der Waals surface area contributed by atoms with Crippen molar-refractivity contribution in [3.63, 3.8) is 0 Å². The molecule has 1 aromatic carbocycles. The van der Waals surface area contributed by atoms with E-state index in [2.05, 4.69) is 32.9 Å². The molecule has 1 amide bonds. The number of aromatic nitrogens is 1. The Hall–Kier alpha value is -2.44. The van der Waals surface area contributed by atoms with E-state index in [9.17, 15) is 4.79 Å². The largest absolute Gasteiger partial charge is 0.355 e. The first-order valence-electron chi connectivity index (χ1n) is 9.80. The summed E-state index contributed by atoms with van der Waals surface area (Å²) in [5.74, 6) is 0.414. The van der Waals surface area contributed by atoms with Crippen LogP contribution in [0, 0.1) is 6.92 Å². The molecular formula is C22H25N3O2S. The first-order chi connectivity index (χ1) is 13.7. The number of thiophene rings is 1. The molecule has 2 aromatic heterocycles. The van der Waals surface area contributed by atoms with Crippen LogP contribution in [0.3, 0.4) is 0 Å². The average Bonchev–Trinajstić information content (AvgIpc) is 3.42. The van der Waals surface area contributed by atoms with Crippen LogP contribution in [0.1, 0.15) is 46.2 Å². The van der Waals surface area contributed by atoms with Crippen molar-refractivity contribution in [3.05, 3.63) is 64.0 Å². The third-order valence-electron chi connectivity index (χ3n) is 5.24. The second-order valence-electron chi connectivity index (χ2n) is 7.28. The van der Waals surface area contributed by atoms with Crippen molar-refractivity contribution in [2.45, 2.75) is 32.2 Å². The number of likely N-dealkylation sites (tertiary alicyclic amines) is 1. The number of rotatable bonds is 6. The maximum absolute atomic E-state index is 12.7. The number of benzene rings is 1. The molecule has 6 heteroatoms. The number of carbonyl (C=O) groups is 1. The first-order valence-corrected chi connectivity index (χ1v) is 10.7. The highest BCUT2D eigenvalue weighted by atomic mass is 32.1. The average molecular weight is 396 g/mol. The Morgan fingerprint density at radius 1 is 1.21 bits per heavy atom. The van der Waals surface area contributed by atoms with Gasteiger partial charge in [-0.05, 0) is 44.3 Å². The number of nitrogens with zero attached hydrogens (tertiary/aromatic N) is 2. The van der Waals surface area contributed by atoms with Crippen molar-refractivity contribution >= 4 is 17.2 Å². The smallest absolute Gasteiger partial charge is 0.273 e. The number of piperidine rings is 1. The molecule has 1 saturated heterocycles. The molecule has 4 rings (SSSR count). The van der Waals surface area contributed by atoms with E-state index in [-0.39, 0.29) is 11.9 Å². The van der Waals surface area contributed by atoms with E-state index in [0.717, 1.165) is 18.7 Å². The number of aryl methyl sites for hydroxylation is 1. The Balaban J connectivity index is 1.43. The Morgan fingerprint density at radius 3 is 2.71 bits per heavy atom. The van der Waals surface area contributed by atoms with E-state index < -0.39 is 0 Å². The highest BCUT2D eigenvalue weighted by molar-refractivity contribution is 7.10. The second-order valence-corrected chi connectivity index (χ2v) is 8.26.